The maximum Gasteiger partial charge on any atom is 0.416 e. The van der Waals surface area contributed by atoms with Crippen molar-refractivity contribution >= 4 is 23.4 Å². The molecule has 0 aliphatic rings. The Hall–Kier alpha value is -2.81. The van der Waals surface area contributed by atoms with E-state index in [0.717, 1.165) is 18.2 Å². The standard InChI is InChI=1S/C8H3ClF3NO.C7H5NO/c9-6-2-1-5(8(10,11)12)3-7(6)13-4-14;8-6-9-7-4-2-1-3-5-7/h1-3H;1-5H. The summed E-state index contributed by atoms with van der Waals surface area (Å²) in [5, 5.41) is 8.02. The Kier molecular flexibility index (Phi) is 6.81. The molecule has 2 aromatic rings. The Morgan fingerprint density at radius 1 is 1.13 bits per heavy atom. The van der Waals surface area contributed by atoms with Gasteiger partial charge in [0.25, 0.3) is 6.26 Å². The Balaban J connectivity index is 0.000000253. The third-order valence-corrected chi connectivity index (χ3v) is 2.67. The molecule has 0 N–H and O–H groups in total. The molecular formula is C15H8ClF3N2O2. The molecule has 0 heterocycles. The number of alkyl halides is 3. The SMILES string of the molecule is N#COc1ccccc1.O=C=Nc1cc(C(F)(F)F)ccc1Cl. The van der Waals surface area contributed by atoms with Gasteiger partial charge in [0.15, 0.2) is 0 Å². The van der Waals surface area contributed by atoms with Crippen LogP contribution in [0.5, 0.6) is 5.75 Å². The van der Waals surface area contributed by atoms with Crippen molar-refractivity contribution in [3.63, 3.8) is 0 Å². The number of hydrogen-bond donors (Lipinski definition) is 0. The molecule has 0 aliphatic carbocycles. The molecule has 2 aromatic carbocycles. The number of isocyanates is 1. The highest BCUT2D eigenvalue weighted by Gasteiger charge is 2.30. The number of hydrogen-bond acceptors (Lipinski definition) is 4. The van der Waals surface area contributed by atoms with Gasteiger partial charge in [-0.1, -0.05) is 29.8 Å². The lowest BCUT2D eigenvalue weighted by atomic mass is 10.2. The number of nitrogens with zero attached hydrogens (tertiary/aromatic N) is 2. The molecule has 8 heteroatoms. The van der Waals surface area contributed by atoms with E-state index in [1.54, 1.807) is 18.4 Å². The molecule has 2 rings (SSSR count). The van der Waals surface area contributed by atoms with E-state index in [4.69, 9.17) is 16.9 Å². The number of para-hydroxylation sites is 1. The third kappa shape index (κ3) is 6.22. The van der Waals surface area contributed by atoms with Gasteiger partial charge in [-0.05, 0) is 30.3 Å². The topological polar surface area (TPSA) is 62.4 Å². The van der Waals surface area contributed by atoms with Crippen molar-refractivity contribution in [1.82, 2.24) is 0 Å². The van der Waals surface area contributed by atoms with Crippen LogP contribution in [0.4, 0.5) is 18.9 Å². The van der Waals surface area contributed by atoms with E-state index in [0.29, 0.717) is 11.8 Å². The summed E-state index contributed by atoms with van der Waals surface area (Å²) in [6, 6.07) is 11.5. The number of aliphatic imine (C=N–C) groups is 1. The summed E-state index contributed by atoms with van der Waals surface area (Å²) in [7, 11) is 0. The van der Waals surface area contributed by atoms with Gasteiger partial charge in [-0.25, -0.2) is 4.79 Å². The first-order valence-electron chi connectivity index (χ1n) is 5.94. The molecule has 0 saturated heterocycles. The van der Waals surface area contributed by atoms with Crippen molar-refractivity contribution in [1.29, 1.82) is 5.26 Å². The lowest BCUT2D eigenvalue weighted by Gasteiger charge is -2.06. The number of carbonyl (C=O) groups excluding carboxylic acids is 1. The minimum Gasteiger partial charge on any atom is -0.388 e. The van der Waals surface area contributed by atoms with Crippen LogP contribution in [0.2, 0.25) is 5.02 Å². The highest BCUT2D eigenvalue weighted by Crippen LogP contribution is 2.34. The molecule has 23 heavy (non-hydrogen) atoms. The molecule has 0 unspecified atom stereocenters. The van der Waals surface area contributed by atoms with Gasteiger partial charge in [-0.3, -0.25) is 0 Å². The fraction of sp³-hybridized carbons (Fsp3) is 0.0667. The highest BCUT2D eigenvalue weighted by atomic mass is 35.5. The van der Waals surface area contributed by atoms with E-state index in [-0.39, 0.29) is 10.7 Å². The van der Waals surface area contributed by atoms with E-state index < -0.39 is 11.7 Å². The van der Waals surface area contributed by atoms with E-state index in [1.807, 2.05) is 18.2 Å². The quantitative estimate of drug-likeness (QED) is 0.445. The van der Waals surface area contributed by atoms with Crippen LogP contribution in [-0.4, -0.2) is 6.08 Å². The van der Waals surface area contributed by atoms with Crippen molar-refractivity contribution in [2.75, 3.05) is 0 Å². The largest absolute Gasteiger partial charge is 0.416 e. The molecule has 118 valence electrons. The van der Waals surface area contributed by atoms with Gasteiger partial charge in [0.2, 0.25) is 6.08 Å². The average molecular weight is 341 g/mol. The third-order valence-electron chi connectivity index (χ3n) is 2.35. The first-order chi connectivity index (χ1) is 10.9. The molecule has 0 saturated carbocycles. The van der Waals surface area contributed by atoms with Gasteiger partial charge >= 0.3 is 6.18 Å². The molecule has 0 aliphatic heterocycles. The van der Waals surface area contributed by atoms with E-state index in [2.05, 4.69) is 9.73 Å². The summed E-state index contributed by atoms with van der Waals surface area (Å²) in [4.78, 5) is 12.9. The van der Waals surface area contributed by atoms with Gasteiger partial charge in [-0.15, -0.1) is 5.26 Å². The van der Waals surface area contributed by atoms with Gasteiger partial charge in [0.1, 0.15) is 5.75 Å². The van der Waals surface area contributed by atoms with E-state index in [9.17, 15) is 18.0 Å². The number of benzene rings is 2. The monoisotopic (exact) mass is 340 g/mol. The predicted molar refractivity (Wildman–Crippen MR) is 76.9 cm³/mol. The highest BCUT2D eigenvalue weighted by molar-refractivity contribution is 6.33. The summed E-state index contributed by atoms with van der Waals surface area (Å²) in [6.45, 7) is 0. The van der Waals surface area contributed by atoms with Gasteiger partial charge in [0, 0.05) is 0 Å². The zero-order chi connectivity index (χ0) is 17.3. The molecule has 0 amide bonds. The normalized spacial score (nSPS) is 9.70. The summed E-state index contributed by atoms with van der Waals surface area (Å²) in [5.74, 6) is 0.583. The number of ether oxygens (including phenoxy) is 1. The Morgan fingerprint density at radius 3 is 2.30 bits per heavy atom. The summed E-state index contributed by atoms with van der Waals surface area (Å²) < 4.78 is 41.0. The molecule has 0 atom stereocenters. The lowest BCUT2D eigenvalue weighted by molar-refractivity contribution is -0.137. The summed E-state index contributed by atoms with van der Waals surface area (Å²) >= 11 is 5.49. The second-order valence-corrected chi connectivity index (χ2v) is 4.28. The fourth-order valence-corrected chi connectivity index (χ4v) is 1.52. The second kappa shape index (κ2) is 8.59. The Morgan fingerprint density at radius 2 is 1.78 bits per heavy atom. The van der Waals surface area contributed by atoms with Crippen LogP contribution in [0.3, 0.4) is 0 Å². The first kappa shape index (κ1) is 18.2. The zero-order valence-corrected chi connectivity index (χ0v) is 12.1. The first-order valence-corrected chi connectivity index (χ1v) is 6.32. The predicted octanol–water partition coefficient (Wildman–Crippen LogP) is 4.87. The van der Waals surface area contributed by atoms with Crippen molar-refractivity contribution < 1.29 is 22.7 Å². The lowest BCUT2D eigenvalue weighted by Crippen LogP contribution is -2.03. The molecule has 0 spiro atoms. The Bertz CT molecular complexity index is 737. The van der Waals surface area contributed by atoms with Crippen molar-refractivity contribution in [2.24, 2.45) is 4.99 Å². The van der Waals surface area contributed by atoms with Crippen LogP contribution in [0.15, 0.2) is 53.5 Å². The number of halogens is 4. The van der Waals surface area contributed by atoms with Crippen LogP contribution in [-0.2, 0) is 11.0 Å². The van der Waals surface area contributed by atoms with Crippen LogP contribution >= 0.6 is 11.6 Å². The van der Waals surface area contributed by atoms with Gasteiger partial charge in [-0.2, -0.15) is 18.2 Å². The summed E-state index contributed by atoms with van der Waals surface area (Å²) in [6.07, 6.45) is -1.76. The van der Waals surface area contributed by atoms with Crippen LogP contribution in [0.25, 0.3) is 0 Å². The van der Waals surface area contributed by atoms with Crippen LogP contribution in [0, 0.1) is 11.5 Å². The van der Waals surface area contributed by atoms with Gasteiger partial charge < -0.3 is 4.74 Å². The van der Waals surface area contributed by atoms with Crippen molar-refractivity contribution in [3.05, 3.63) is 59.1 Å². The molecule has 0 fully saturated rings. The zero-order valence-electron chi connectivity index (χ0n) is 11.3. The van der Waals surface area contributed by atoms with Gasteiger partial charge in [0.05, 0.1) is 16.3 Å². The van der Waals surface area contributed by atoms with Crippen LogP contribution < -0.4 is 4.74 Å². The number of rotatable bonds is 2. The molecule has 0 radical (unpaired) electrons. The van der Waals surface area contributed by atoms with Crippen molar-refractivity contribution in [2.45, 2.75) is 6.18 Å². The maximum atomic E-state index is 12.2. The van der Waals surface area contributed by atoms with E-state index >= 15 is 0 Å². The smallest absolute Gasteiger partial charge is 0.388 e. The van der Waals surface area contributed by atoms with Crippen LogP contribution in [0.1, 0.15) is 5.56 Å². The summed E-state index contributed by atoms with van der Waals surface area (Å²) in [5.41, 5.74) is -1.15. The molecule has 4 nitrogen and oxygen atoms in total. The molecule has 0 aromatic heterocycles. The minimum absolute atomic E-state index is 0.0265. The van der Waals surface area contributed by atoms with E-state index in [1.165, 1.54) is 0 Å². The maximum absolute atomic E-state index is 12.2. The Labute approximate surface area is 134 Å². The second-order valence-electron chi connectivity index (χ2n) is 3.87. The van der Waals surface area contributed by atoms with Crippen molar-refractivity contribution in [3.8, 4) is 12.0 Å². The molecular weight excluding hydrogens is 333 g/mol. The fourth-order valence-electron chi connectivity index (χ4n) is 1.37. The average Bonchev–Trinajstić information content (AvgIpc) is 2.51. The molecule has 0 bridgehead atoms. The minimum atomic E-state index is -4.47. The number of nitriles is 1.